The summed E-state index contributed by atoms with van der Waals surface area (Å²) in [5.41, 5.74) is 2.44. The lowest BCUT2D eigenvalue weighted by molar-refractivity contribution is -0.137. The van der Waals surface area contributed by atoms with Gasteiger partial charge in [-0.15, -0.1) is 0 Å². The number of nitrogens with one attached hydrogen (secondary N) is 1. The minimum absolute atomic E-state index is 0.0971. The molecule has 0 spiro atoms. The van der Waals surface area contributed by atoms with E-state index in [-0.39, 0.29) is 12.6 Å². The molecule has 21 heavy (non-hydrogen) atoms. The highest BCUT2D eigenvalue weighted by atomic mass is 19.4. The van der Waals surface area contributed by atoms with E-state index in [9.17, 15) is 22.0 Å². The summed E-state index contributed by atoms with van der Waals surface area (Å²) in [4.78, 5) is 0. The van der Waals surface area contributed by atoms with Gasteiger partial charge in [0.2, 0.25) is 0 Å². The molecule has 3 nitrogen and oxygen atoms in total. The first-order valence-corrected chi connectivity index (χ1v) is 6.31. The summed E-state index contributed by atoms with van der Waals surface area (Å²) in [6.07, 6.45) is -6.13. The Kier molecular flexibility index (Phi) is 7.00. The predicted molar refractivity (Wildman–Crippen MR) is 67.7 cm³/mol. The fourth-order valence-corrected chi connectivity index (χ4v) is 1.76. The smallest absolute Gasteiger partial charge is 0.375 e. The maximum absolute atomic E-state index is 12.4. The number of hydrogen-bond donors (Lipinski definition) is 2. The quantitative estimate of drug-likeness (QED) is 0.336. The summed E-state index contributed by atoms with van der Waals surface area (Å²) in [6, 6.07) is 4.46. The van der Waals surface area contributed by atoms with Crippen LogP contribution < -0.4 is 11.3 Å². The van der Waals surface area contributed by atoms with E-state index >= 15 is 0 Å². The number of halogens is 5. The van der Waals surface area contributed by atoms with Gasteiger partial charge >= 0.3 is 6.18 Å². The minimum Gasteiger partial charge on any atom is -0.375 e. The molecule has 3 N–H and O–H groups in total. The van der Waals surface area contributed by atoms with Crippen LogP contribution in [0.1, 0.15) is 17.5 Å². The second kappa shape index (κ2) is 8.26. The lowest BCUT2D eigenvalue weighted by atomic mass is 10.0. The number of rotatable bonds is 8. The van der Waals surface area contributed by atoms with Crippen LogP contribution in [0.5, 0.6) is 0 Å². The molecule has 0 fully saturated rings. The Labute approximate surface area is 119 Å². The summed E-state index contributed by atoms with van der Waals surface area (Å²) < 4.78 is 65.7. The van der Waals surface area contributed by atoms with Gasteiger partial charge in [0, 0.05) is 12.6 Å². The molecule has 0 aliphatic rings. The van der Waals surface area contributed by atoms with E-state index in [4.69, 9.17) is 10.6 Å². The van der Waals surface area contributed by atoms with Gasteiger partial charge in [-0.3, -0.25) is 11.3 Å². The molecule has 0 aliphatic carbocycles. The van der Waals surface area contributed by atoms with Crippen LogP contribution in [0.3, 0.4) is 0 Å². The van der Waals surface area contributed by atoms with Crippen LogP contribution in [0.15, 0.2) is 24.3 Å². The minimum atomic E-state index is -4.37. The Bertz CT molecular complexity index is 408. The Balaban J connectivity index is 2.46. The SMILES string of the molecule is NNC(CCOCC(F)F)Cc1ccc(C(F)(F)F)cc1. The highest BCUT2D eigenvalue weighted by molar-refractivity contribution is 5.25. The van der Waals surface area contributed by atoms with Crippen molar-refractivity contribution < 1.29 is 26.7 Å². The largest absolute Gasteiger partial charge is 0.416 e. The van der Waals surface area contributed by atoms with Crippen LogP contribution in [0.4, 0.5) is 22.0 Å². The van der Waals surface area contributed by atoms with E-state index in [1.165, 1.54) is 12.1 Å². The zero-order chi connectivity index (χ0) is 15.9. The topological polar surface area (TPSA) is 47.3 Å². The van der Waals surface area contributed by atoms with Crippen LogP contribution in [-0.4, -0.2) is 25.7 Å². The van der Waals surface area contributed by atoms with Gasteiger partial charge in [0.15, 0.2) is 0 Å². The van der Waals surface area contributed by atoms with E-state index in [2.05, 4.69) is 5.43 Å². The number of benzene rings is 1. The van der Waals surface area contributed by atoms with Crippen molar-refractivity contribution in [1.29, 1.82) is 0 Å². The lowest BCUT2D eigenvalue weighted by Crippen LogP contribution is -2.37. The molecule has 120 valence electrons. The van der Waals surface area contributed by atoms with Crippen molar-refractivity contribution >= 4 is 0 Å². The van der Waals surface area contributed by atoms with Crippen molar-refractivity contribution in [2.24, 2.45) is 5.84 Å². The number of nitrogens with two attached hydrogens (primary N) is 1. The molecular formula is C13H17F5N2O. The summed E-state index contributed by atoms with van der Waals surface area (Å²) in [5, 5.41) is 0. The highest BCUT2D eigenvalue weighted by Crippen LogP contribution is 2.29. The van der Waals surface area contributed by atoms with E-state index in [1.54, 1.807) is 0 Å². The third-order valence-electron chi connectivity index (χ3n) is 2.85. The van der Waals surface area contributed by atoms with Crippen molar-refractivity contribution in [3.05, 3.63) is 35.4 Å². The monoisotopic (exact) mass is 312 g/mol. The number of alkyl halides is 5. The van der Waals surface area contributed by atoms with Gasteiger partial charge in [0.05, 0.1) is 5.56 Å². The molecule has 0 radical (unpaired) electrons. The van der Waals surface area contributed by atoms with Gasteiger partial charge in [0.1, 0.15) is 6.61 Å². The van der Waals surface area contributed by atoms with Crippen molar-refractivity contribution in [2.45, 2.75) is 31.5 Å². The average Bonchev–Trinajstić information content (AvgIpc) is 2.41. The van der Waals surface area contributed by atoms with Gasteiger partial charge in [0.25, 0.3) is 6.43 Å². The Hall–Kier alpha value is -1.25. The Morgan fingerprint density at radius 1 is 1.14 bits per heavy atom. The van der Waals surface area contributed by atoms with Gasteiger partial charge in [-0.1, -0.05) is 12.1 Å². The molecule has 0 heterocycles. The molecule has 1 aromatic carbocycles. The van der Waals surface area contributed by atoms with Crippen LogP contribution in [0, 0.1) is 0 Å². The molecule has 0 saturated heterocycles. The van der Waals surface area contributed by atoms with Crippen molar-refractivity contribution in [3.63, 3.8) is 0 Å². The summed E-state index contributed by atoms with van der Waals surface area (Å²) in [7, 11) is 0. The second-order valence-electron chi connectivity index (χ2n) is 4.52. The molecule has 0 bridgehead atoms. The van der Waals surface area contributed by atoms with Gasteiger partial charge in [-0.25, -0.2) is 8.78 Å². The molecule has 1 rings (SSSR count). The van der Waals surface area contributed by atoms with Crippen LogP contribution in [0.25, 0.3) is 0 Å². The third kappa shape index (κ3) is 6.83. The van der Waals surface area contributed by atoms with E-state index in [0.29, 0.717) is 18.4 Å². The maximum Gasteiger partial charge on any atom is 0.416 e. The number of hydrazine groups is 1. The van der Waals surface area contributed by atoms with Gasteiger partial charge in [-0.2, -0.15) is 13.2 Å². The lowest BCUT2D eigenvalue weighted by Gasteiger charge is -2.16. The first kappa shape index (κ1) is 17.8. The highest BCUT2D eigenvalue weighted by Gasteiger charge is 2.29. The van der Waals surface area contributed by atoms with Crippen LogP contribution in [-0.2, 0) is 17.3 Å². The first-order valence-electron chi connectivity index (χ1n) is 6.31. The van der Waals surface area contributed by atoms with E-state index < -0.39 is 24.8 Å². The molecule has 1 unspecified atom stereocenters. The van der Waals surface area contributed by atoms with Crippen molar-refractivity contribution in [2.75, 3.05) is 13.2 Å². The molecule has 1 aromatic rings. The standard InChI is InChI=1S/C13H17F5N2O/c14-12(15)8-21-6-5-11(20-19)7-9-1-3-10(4-2-9)13(16,17)18/h1-4,11-12,20H,5-8,19H2. The molecule has 0 aliphatic heterocycles. The number of hydrogen-bond acceptors (Lipinski definition) is 3. The summed E-state index contributed by atoms with van der Waals surface area (Å²) >= 11 is 0. The predicted octanol–water partition coefficient (Wildman–Crippen LogP) is 2.75. The molecule has 0 saturated carbocycles. The third-order valence-corrected chi connectivity index (χ3v) is 2.85. The molecule has 0 amide bonds. The molecule has 0 aromatic heterocycles. The van der Waals surface area contributed by atoms with Crippen molar-refractivity contribution in [3.8, 4) is 0 Å². The Morgan fingerprint density at radius 3 is 2.24 bits per heavy atom. The first-order chi connectivity index (χ1) is 9.82. The fraction of sp³-hybridized carbons (Fsp3) is 0.538. The molecule has 1 atom stereocenters. The maximum atomic E-state index is 12.4. The zero-order valence-electron chi connectivity index (χ0n) is 11.2. The molecular weight excluding hydrogens is 295 g/mol. The van der Waals surface area contributed by atoms with Gasteiger partial charge in [-0.05, 0) is 30.5 Å². The fourth-order valence-electron chi connectivity index (χ4n) is 1.76. The van der Waals surface area contributed by atoms with E-state index in [0.717, 1.165) is 12.1 Å². The van der Waals surface area contributed by atoms with Crippen LogP contribution in [0.2, 0.25) is 0 Å². The van der Waals surface area contributed by atoms with Crippen LogP contribution >= 0.6 is 0 Å². The Morgan fingerprint density at radius 2 is 1.76 bits per heavy atom. The summed E-state index contributed by atoms with van der Waals surface area (Å²) in [6.45, 7) is -0.544. The summed E-state index contributed by atoms with van der Waals surface area (Å²) in [5.74, 6) is 5.33. The average molecular weight is 312 g/mol. The molecule has 8 heteroatoms. The van der Waals surface area contributed by atoms with Gasteiger partial charge < -0.3 is 4.74 Å². The number of ether oxygens (including phenoxy) is 1. The second-order valence-corrected chi connectivity index (χ2v) is 4.52. The zero-order valence-corrected chi connectivity index (χ0v) is 11.2. The normalized spacial score (nSPS) is 13.7. The van der Waals surface area contributed by atoms with Crippen molar-refractivity contribution in [1.82, 2.24) is 5.43 Å². The van der Waals surface area contributed by atoms with E-state index in [1.807, 2.05) is 0 Å².